The van der Waals surface area contributed by atoms with Crippen molar-refractivity contribution in [2.24, 2.45) is 0 Å². The molecule has 1 saturated heterocycles. The Labute approximate surface area is 202 Å². The second kappa shape index (κ2) is 10.1. The highest BCUT2D eigenvalue weighted by Gasteiger charge is 2.27. The van der Waals surface area contributed by atoms with Crippen molar-refractivity contribution >= 4 is 46.5 Å². The summed E-state index contributed by atoms with van der Waals surface area (Å²) in [7, 11) is 1.57. The van der Waals surface area contributed by atoms with Crippen molar-refractivity contribution in [3.8, 4) is 5.75 Å². The highest BCUT2D eigenvalue weighted by molar-refractivity contribution is 6.34. The summed E-state index contributed by atoms with van der Waals surface area (Å²) in [6.07, 6.45) is 0.822. The molecule has 0 aliphatic carbocycles. The van der Waals surface area contributed by atoms with Crippen LogP contribution in [0.4, 0.5) is 16.2 Å². The normalized spacial score (nSPS) is 13.7. The molecule has 0 saturated carbocycles. The van der Waals surface area contributed by atoms with Gasteiger partial charge in [0.15, 0.2) is 0 Å². The van der Waals surface area contributed by atoms with Crippen molar-refractivity contribution in [2.75, 3.05) is 30.4 Å². The molecule has 0 radical (unpaired) electrons. The summed E-state index contributed by atoms with van der Waals surface area (Å²) >= 11 is 12.4. The molecule has 3 aromatic carbocycles. The maximum absolute atomic E-state index is 13.2. The van der Waals surface area contributed by atoms with Crippen LogP contribution in [0.1, 0.15) is 22.3 Å². The van der Waals surface area contributed by atoms with E-state index in [-0.39, 0.29) is 11.9 Å². The Hall–Kier alpha value is -3.22. The third-order valence-electron chi connectivity index (χ3n) is 5.44. The molecule has 0 atom stereocenters. The number of rotatable bonds is 6. The van der Waals surface area contributed by atoms with Crippen molar-refractivity contribution in [1.29, 1.82) is 0 Å². The summed E-state index contributed by atoms with van der Waals surface area (Å²) in [5.74, 6) is 0.363. The first-order valence-electron chi connectivity index (χ1n) is 10.5. The average molecular weight is 484 g/mol. The van der Waals surface area contributed by atoms with Gasteiger partial charge in [-0.1, -0.05) is 35.3 Å². The van der Waals surface area contributed by atoms with Gasteiger partial charge in [0, 0.05) is 35.9 Å². The van der Waals surface area contributed by atoms with Gasteiger partial charge in [0.1, 0.15) is 5.75 Å². The summed E-state index contributed by atoms with van der Waals surface area (Å²) in [6, 6.07) is 19.4. The second-order valence-corrected chi connectivity index (χ2v) is 8.53. The van der Waals surface area contributed by atoms with E-state index >= 15 is 0 Å². The topological polar surface area (TPSA) is 61.9 Å². The van der Waals surface area contributed by atoms with E-state index in [1.807, 2.05) is 24.3 Å². The van der Waals surface area contributed by atoms with E-state index in [4.69, 9.17) is 27.9 Å². The number of benzene rings is 3. The standard InChI is InChI=1S/C25H23Cl2N3O3/c1-33-21-9-6-18(7-10-21)24(31)28-23-15-20(8-11-22(23)27)30-13-3-12-29(25(30)32)16-17-4-2-5-19(26)14-17/h2,4-11,14-15H,3,12-13,16H2,1H3,(H,28,31). The fraction of sp³-hybridized carbons (Fsp3) is 0.200. The molecule has 1 fully saturated rings. The van der Waals surface area contributed by atoms with Gasteiger partial charge in [0.05, 0.1) is 17.8 Å². The first-order chi connectivity index (χ1) is 15.9. The molecule has 1 aliphatic rings. The molecular weight excluding hydrogens is 461 g/mol. The number of carbonyl (C=O) groups excluding carboxylic acids is 2. The van der Waals surface area contributed by atoms with Crippen LogP contribution >= 0.6 is 23.2 Å². The molecule has 0 unspecified atom stereocenters. The average Bonchev–Trinajstić information content (AvgIpc) is 2.82. The van der Waals surface area contributed by atoms with Crippen LogP contribution in [0.5, 0.6) is 5.75 Å². The Morgan fingerprint density at radius 3 is 2.55 bits per heavy atom. The first-order valence-corrected chi connectivity index (χ1v) is 11.3. The lowest BCUT2D eigenvalue weighted by Crippen LogP contribution is -2.49. The molecule has 1 aliphatic heterocycles. The minimum Gasteiger partial charge on any atom is -0.497 e. The van der Waals surface area contributed by atoms with Crippen LogP contribution in [0.15, 0.2) is 66.7 Å². The van der Waals surface area contributed by atoms with Crippen molar-refractivity contribution in [2.45, 2.75) is 13.0 Å². The number of methoxy groups -OCH3 is 1. The third-order valence-corrected chi connectivity index (χ3v) is 6.00. The van der Waals surface area contributed by atoms with Gasteiger partial charge in [0.2, 0.25) is 0 Å². The summed E-state index contributed by atoms with van der Waals surface area (Å²) in [6.45, 7) is 1.72. The van der Waals surface area contributed by atoms with Crippen LogP contribution in [0.3, 0.4) is 0 Å². The summed E-state index contributed by atoms with van der Waals surface area (Å²) in [5, 5.41) is 3.87. The number of nitrogens with one attached hydrogen (secondary N) is 1. The van der Waals surface area contributed by atoms with Crippen LogP contribution < -0.4 is 15.0 Å². The molecule has 1 N–H and O–H groups in total. The predicted molar refractivity (Wildman–Crippen MR) is 132 cm³/mol. The SMILES string of the molecule is COc1ccc(C(=O)Nc2cc(N3CCCN(Cc4cccc(Cl)c4)C3=O)ccc2Cl)cc1. The minimum absolute atomic E-state index is 0.101. The summed E-state index contributed by atoms with van der Waals surface area (Å²) in [5.41, 5.74) is 2.56. The van der Waals surface area contributed by atoms with Crippen molar-refractivity contribution in [1.82, 2.24) is 4.90 Å². The van der Waals surface area contributed by atoms with Gasteiger partial charge >= 0.3 is 6.03 Å². The summed E-state index contributed by atoms with van der Waals surface area (Å²) < 4.78 is 5.13. The molecule has 8 heteroatoms. The van der Waals surface area contributed by atoms with E-state index in [0.29, 0.717) is 52.4 Å². The van der Waals surface area contributed by atoms with Gasteiger partial charge in [-0.2, -0.15) is 0 Å². The molecule has 1 heterocycles. The van der Waals surface area contributed by atoms with Crippen LogP contribution in [0, 0.1) is 0 Å². The van der Waals surface area contributed by atoms with Crippen LogP contribution in [-0.2, 0) is 6.54 Å². The molecule has 0 aromatic heterocycles. The number of urea groups is 1. The van der Waals surface area contributed by atoms with Gasteiger partial charge in [-0.3, -0.25) is 9.69 Å². The fourth-order valence-electron chi connectivity index (χ4n) is 3.74. The molecule has 4 rings (SSSR count). The number of anilines is 2. The Morgan fingerprint density at radius 1 is 1.03 bits per heavy atom. The van der Waals surface area contributed by atoms with Gasteiger partial charge in [0.25, 0.3) is 5.91 Å². The maximum atomic E-state index is 13.2. The lowest BCUT2D eigenvalue weighted by atomic mass is 10.1. The minimum atomic E-state index is -0.302. The number of nitrogens with zero attached hydrogens (tertiary/aromatic N) is 2. The van der Waals surface area contributed by atoms with E-state index in [9.17, 15) is 9.59 Å². The highest BCUT2D eigenvalue weighted by Crippen LogP contribution is 2.30. The number of carbonyl (C=O) groups is 2. The highest BCUT2D eigenvalue weighted by atomic mass is 35.5. The Balaban J connectivity index is 1.51. The largest absolute Gasteiger partial charge is 0.497 e. The Kier molecular flexibility index (Phi) is 7.06. The molecule has 0 spiro atoms. The quantitative estimate of drug-likeness (QED) is 0.461. The molecule has 33 heavy (non-hydrogen) atoms. The Morgan fingerprint density at radius 2 is 1.82 bits per heavy atom. The molecule has 3 amide bonds. The molecule has 3 aromatic rings. The van der Waals surface area contributed by atoms with E-state index in [2.05, 4.69) is 5.32 Å². The lowest BCUT2D eigenvalue weighted by molar-refractivity contribution is 0.102. The van der Waals surface area contributed by atoms with Gasteiger partial charge < -0.3 is 15.0 Å². The van der Waals surface area contributed by atoms with E-state index in [0.717, 1.165) is 12.0 Å². The Bertz CT molecular complexity index is 1170. The number of hydrogen-bond acceptors (Lipinski definition) is 3. The van der Waals surface area contributed by atoms with Gasteiger partial charge in [-0.15, -0.1) is 0 Å². The number of hydrogen-bond donors (Lipinski definition) is 1. The van der Waals surface area contributed by atoms with E-state index < -0.39 is 0 Å². The van der Waals surface area contributed by atoms with Gasteiger partial charge in [-0.05, 0) is 66.6 Å². The van der Waals surface area contributed by atoms with Crippen LogP contribution in [0.2, 0.25) is 10.0 Å². The maximum Gasteiger partial charge on any atom is 0.324 e. The summed E-state index contributed by atoms with van der Waals surface area (Å²) in [4.78, 5) is 29.4. The van der Waals surface area contributed by atoms with Crippen molar-refractivity contribution < 1.29 is 14.3 Å². The molecule has 6 nitrogen and oxygen atoms in total. The molecule has 0 bridgehead atoms. The number of ether oxygens (including phenoxy) is 1. The molecule has 170 valence electrons. The zero-order chi connectivity index (χ0) is 23.4. The lowest BCUT2D eigenvalue weighted by Gasteiger charge is -2.36. The van der Waals surface area contributed by atoms with Crippen molar-refractivity contribution in [3.05, 3.63) is 87.9 Å². The fourth-order valence-corrected chi connectivity index (χ4v) is 4.12. The molecular formula is C25H23Cl2N3O3. The smallest absolute Gasteiger partial charge is 0.324 e. The number of halogens is 2. The predicted octanol–water partition coefficient (Wildman–Crippen LogP) is 6.09. The number of amides is 3. The third kappa shape index (κ3) is 5.41. The monoisotopic (exact) mass is 483 g/mol. The zero-order valence-corrected chi connectivity index (χ0v) is 19.6. The zero-order valence-electron chi connectivity index (χ0n) is 18.1. The van der Waals surface area contributed by atoms with E-state index in [1.165, 1.54) is 0 Å². The second-order valence-electron chi connectivity index (χ2n) is 7.69. The van der Waals surface area contributed by atoms with Gasteiger partial charge in [-0.25, -0.2) is 4.79 Å². The van der Waals surface area contributed by atoms with Crippen molar-refractivity contribution in [3.63, 3.8) is 0 Å². The van der Waals surface area contributed by atoms with Crippen LogP contribution in [-0.4, -0.2) is 37.0 Å². The first kappa shape index (κ1) is 23.0. The van der Waals surface area contributed by atoms with E-state index in [1.54, 1.807) is 59.4 Å². The van der Waals surface area contributed by atoms with Crippen LogP contribution in [0.25, 0.3) is 0 Å².